The Morgan fingerprint density at radius 1 is 1.12 bits per heavy atom. The Hall–Kier alpha value is -2.54. The maximum Gasteiger partial charge on any atom is 0.418 e. The standard InChI is InChI=1S/C18H15ClF3NO3/c1-10-6-7-12(8-11(10)2)17(25)26-9-15(24)23-16-13(18(20,21)22)4-3-5-14(16)19/h3-8H,9H2,1-2H3,(H,23,24). The Morgan fingerprint density at radius 2 is 1.81 bits per heavy atom. The first-order valence-corrected chi connectivity index (χ1v) is 7.87. The average Bonchev–Trinajstić information content (AvgIpc) is 2.56. The number of nitrogens with one attached hydrogen (secondary N) is 1. The maximum absolute atomic E-state index is 13.0. The van der Waals surface area contributed by atoms with Crippen molar-refractivity contribution in [1.29, 1.82) is 0 Å². The van der Waals surface area contributed by atoms with Crippen molar-refractivity contribution < 1.29 is 27.5 Å². The summed E-state index contributed by atoms with van der Waals surface area (Å²) >= 11 is 5.75. The number of alkyl halides is 3. The van der Waals surface area contributed by atoms with Crippen LogP contribution in [-0.2, 0) is 15.7 Å². The topological polar surface area (TPSA) is 55.4 Å². The summed E-state index contributed by atoms with van der Waals surface area (Å²) < 4.78 is 43.8. The van der Waals surface area contributed by atoms with Crippen LogP contribution < -0.4 is 5.32 Å². The van der Waals surface area contributed by atoms with Crippen LogP contribution in [-0.4, -0.2) is 18.5 Å². The van der Waals surface area contributed by atoms with Crippen LogP contribution in [0.3, 0.4) is 0 Å². The van der Waals surface area contributed by atoms with Gasteiger partial charge in [-0.1, -0.05) is 23.7 Å². The number of hydrogen-bond acceptors (Lipinski definition) is 3. The second kappa shape index (κ2) is 7.78. The molecule has 0 saturated carbocycles. The van der Waals surface area contributed by atoms with E-state index in [9.17, 15) is 22.8 Å². The number of anilines is 1. The number of aryl methyl sites for hydroxylation is 2. The van der Waals surface area contributed by atoms with Crippen LogP contribution in [0, 0.1) is 13.8 Å². The van der Waals surface area contributed by atoms with Gasteiger partial charge in [-0.05, 0) is 49.2 Å². The highest BCUT2D eigenvalue weighted by atomic mass is 35.5. The fourth-order valence-electron chi connectivity index (χ4n) is 2.15. The van der Waals surface area contributed by atoms with Gasteiger partial charge in [0.1, 0.15) is 0 Å². The zero-order chi connectivity index (χ0) is 19.5. The van der Waals surface area contributed by atoms with E-state index in [1.165, 1.54) is 6.07 Å². The van der Waals surface area contributed by atoms with Crippen molar-refractivity contribution in [3.8, 4) is 0 Å². The molecule has 2 aromatic carbocycles. The quantitative estimate of drug-likeness (QED) is 0.771. The van der Waals surface area contributed by atoms with E-state index in [1.54, 1.807) is 18.2 Å². The monoisotopic (exact) mass is 385 g/mol. The lowest BCUT2D eigenvalue weighted by Crippen LogP contribution is -2.23. The lowest BCUT2D eigenvalue weighted by atomic mass is 10.1. The van der Waals surface area contributed by atoms with E-state index in [1.807, 2.05) is 19.2 Å². The molecule has 0 heterocycles. The summed E-state index contributed by atoms with van der Waals surface area (Å²) in [5.41, 5.74) is 0.440. The van der Waals surface area contributed by atoms with Gasteiger partial charge in [-0.15, -0.1) is 0 Å². The predicted molar refractivity (Wildman–Crippen MR) is 91.3 cm³/mol. The molecule has 0 atom stereocenters. The van der Waals surface area contributed by atoms with E-state index >= 15 is 0 Å². The number of benzene rings is 2. The Morgan fingerprint density at radius 3 is 2.42 bits per heavy atom. The van der Waals surface area contributed by atoms with Gasteiger partial charge in [-0.3, -0.25) is 4.79 Å². The van der Waals surface area contributed by atoms with Crippen molar-refractivity contribution in [3.63, 3.8) is 0 Å². The molecule has 0 spiro atoms. The number of ether oxygens (including phenoxy) is 1. The summed E-state index contributed by atoms with van der Waals surface area (Å²) in [6.45, 7) is 2.95. The molecule has 4 nitrogen and oxygen atoms in total. The first kappa shape index (κ1) is 19.8. The minimum Gasteiger partial charge on any atom is -0.452 e. The van der Waals surface area contributed by atoms with E-state index in [2.05, 4.69) is 0 Å². The van der Waals surface area contributed by atoms with Gasteiger partial charge in [-0.25, -0.2) is 4.79 Å². The Kier molecular flexibility index (Phi) is 5.92. The Bertz CT molecular complexity index is 850. The van der Waals surface area contributed by atoms with Gasteiger partial charge in [0.05, 0.1) is 21.8 Å². The number of carbonyl (C=O) groups excluding carboxylic acids is 2. The molecular weight excluding hydrogens is 371 g/mol. The van der Waals surface area contributed by atoms with Crippen LogP contribution >= 0.6 is 11.6 Å². The molecular formula is C18H15ClF3NO3. The molecule has 26 heavy (non-hydrogen) atoms. The molecule has 1 amide bonds. The van der Waals surface area contributed by atoms with Crippen molar-refractivity contribution in [2.45, 2.75) is 20.0 Å². The van der Waals surface area contributed by atoms with Crippen LogP contribution in [0.4, 0.5) is 18.9 Å². The van der Waals surface area contributed by atoms with Gasteiger partial charge in [0.2, 0.25) is 0 Å². The van der Waals surface area contributed by atoms with Crippen molar-refractivity contribution >= 4 is 29.2 Å². The average molecular weight is 386 g/mol. The van der Waals surface area contributed by atoms with Gasteiger partial charge in [0.15, 0.2) is 6.61 Å². The first-order chi connectivity index (χ1) is 12.1. The van der Waals surface area contributed by atoms with Gasteiger partial charge in [0.25, 0.3) is 5.91 Å². The van der Waals surface area contributed by atoms with Crippen LogP contribution in [0.5, 0.6) is 0 Å². The van der Waals surface area contributed by atoms with Crippen molar-refractivity contribution in [2.24, 2.45) is 0 Å². The van der Waals surface area contributed by atoms with Crippen molar-refractivity contribution in [3.05, 3.63) is 63.7 Å². The van der Waals surface area contributed by atoms with Gasteiger partial charge >= 0.3 is 12.1 Å². The lowest BCUT2D eigenvalue weighted by molar-refractivity contribution is -0.137. The van der Waals surface area contributed by atoms with Crippen LogP contribution in [0.1, 0.15) is 27.0 Å². The molecule has 0 unspecified atom stereocenters. The third-order valence-corrected chi connectivity index (χ3v) is 3.98. The summed E-state index contributed by atoms with van der Waals surface area (Å²) in [4.78, 5) is 23.8. The minimum absolute atomic E-state index is 0.245. The molecule has 0 fully saturated rings. The third kappa shape index (κ3) is 4.76. The highest BCUT2D eigenvalue weighted by molar-refractivity contribution is 6.34. The summed E-state index contributed by atoms with van der Waals surface area (Å²) in [7, 11) is 0. The van der Waals surface area contributed by atoms with Crippen LogP contribution in [0.25, 0.3) is 0 Å². The predicted octanol–water partition coefficient (Wildman–Crippen LogP) is 4.77. The molecule has 0 aliphatic rings. The van der Waals surface area contributed by atoms with E-state index < -0.39 is 35.9 Å². The molecule has 1 N–H and O–H groups in total. The molecule has 138 valence electrons. The third-order valence-electron chi connectivity index (χ3n) is 3.66. The summed E-state index contributed by atoms with van der Waals surface area (Å²) in [6, 6.07) is 8.01. The Balaban J connectivity index is 2.06. The normalized spacial score (nSPS) is 11.2. The highest BCUT2D eigenvalue weighted by Gasteiger charge is 2.34. The second-order valence-corrected chi connectivity index (χ2v) is 5.99. The molecule has 0 saturated heterocycles. The van der Waals surface area contributed by atoms with Crippen molar-refractivity contribution in [2.75, 3.05) is 11.9 Å². The van der Waals surface area contributed by atoms with E-state index in [4.69, 9.17) is 16.3 Å². The molecule has 2 rings (SSSR count). The SMILES string of the molecule is Cc1ccc(C(=O)OCC(=O)Nc2c(Cl)cccc2C(F)(F)F)cc1C. The van der Waals surface area contributed by atoms with E-state index in [0.29, 0.717) is 0 Å². The first-order valence-electron chi connectivity index (χ1n) is 7.49. The summed E-state index contributed by atoms with van der Waals surface area (Å²) in [5.74, 6) is -1.68. The largest absolute Gasteiger partial charge is 0.452 e. The molecule has 0 aliphatic heterocycles. The molecule has 2 aromatic rings. The fraction of sp³-hybridized carbons (Fsp3) is 0.222. The fourth-order valence-corrected chi connectivity index (χ4v) is 2.37. The number of para-hydroxylation sites is 1. The van der Waals surface area contributed by atoms with E-state index in [0.717, 1.165) is 23.3 Å². The van der Waals surface area contributed by atoms with Gasteiger partial charge in [-0.2, -0.15) is 13.2 Å². The highest BCUT2D eigenvalue weighted by Crippen LogP contribution is 2.38. The number of carbonyl (C=O) groups is 2. The number of halogens is 4. The zero-order valence-electron chi connectivity index (χ0n) is 13.9. The smallest absolute Gasteiger partial charge is 0.418 e. The molecule has 0 aromatic heterocycles. The molecule has 8 heteroatoms. The lowest BCUT2D eigenvalue weighted by Gasteiger charge is -2.15. The van der Waals surface area contributed by atoms with Gasteiger partial charge in [0, 0.05) is 0 Å². The van der Waals surface area contributed by atoms with E-state index in [-0.39, 0.29) is 10.6 Å². The molecule has 0 bridgehead atoms. The second-order valence-electron chi connectivity index (χ2n) is 5.58. The van der Waals surface area contributed by atoms with Crippen LogP contribution in [0.15, 0.2) is 36.4 Å². The van der Waals surface area contributed by atoms with Gasteiger partial charge < -0.3 is 10.1 Å². The number of hydrogen-bond donors (Lipinski definition) is 1. The van der Waals surface area contributed by atoms with Crippen LogP contribution in [0.2, 0.25) is 5.02 Å². The zero-order valence-corrected chi connectivity index (χ0v) is 14.7. The van der Waals surface area contributed by atoms with Crippen molar-refractivity contribution in [1.82, 2.24) is 0 Å². The minimum atomic E-state index is -4.69. The summed E-state index contributed by atoms with van der Waals surface area (Å²) in [5, 5.41) is 1.77. The molecule has 0 aliphatic carbocycles. The summed E-state index contributed by atoms with van der Waals surface area (Å²) in [6.07, 6.45) is -4.69. The molecule has 0 radical (unpaired) electrons. The number of amides is 1. The number of rotatable bonds is 4. The Labute approximate surface area is 152 Å². The number of esters is 1. The maximum atomic E-state index is 13.0.